The Morgan fingerprint density at radius 1 is 1.50 bits per heavy atom. The second kappa shape index (κ2) is 5.37. The highest BCUT2D eigenvalue weighted by Gasteiger charge is 2.08. The highest BCUT2D eigenvalue weighted by molar-refractivity contribution is 9.10. The standard InChI is InChI=1S/C10H11BrClNO/c1-13(10(14)6-12)7-8-4-2-3-5-9(8)11/h2-5H,6-7H2,1H3. The van der Waals surface area contributed by atoms with E-state index in [-0.39, 0.29) is 11.8 Å². The van der Waals surface area contributed by atoms with Crippen LogP contribution in [0.25, 0.3) is 0 Å². The maximum atomic E-state index is 11.2. The summed E-state index contributed by atoms with van der Waals surface area (Å²) in [6, 6.07) is 7.81. The number of hydrogen-bond donors (Lipinski definition) is 0. The predicted octanol–water partition coefficient (Wildman–Crippen LogP) is 2.65. The number of rotatable bonds is 3. The van der Waals surface area contributed by atoms with Crippen LogP contribution >= 0.6 is 27.5 Å². The highest BCUT2D eigenvalue weighted by Crippen LogP contribution is 2.17. The molecule has 0 saturated carbocycles. The Labute approximate surface area is 97.0 Å². The second-order valence-corrected chi connectivity index (χ2v) is 4.10. The molecule has 0 unspecified atom stereocenters. The smallest absolute Gasteiger partial charge is 0.237 e. The molecule has 0 saturated heterocycles. The lowest BCUT2D eigenvalue weighted by Gasteiger charge is -2.16. The largest absolute Gasteiger partial charge is 0.340 e. The summed E-state index contributed by atoms with van der Waals surface area (Å²) in [7, 11) is 1.74. The fraction of sp³-hybridized carbons (Fsp3) is 0.300. The van der Waals surface area contributed by atoms with Crippen molar-refractivity contribution in [2.45, 2.75) is 6.54 Å². The van der Waals surface area contributed by atoms with E-state index >= 15 is 0 Å². The van der Waals surface area contributed by atoms with Crippen molar-refractivity contribution in [2.24, 2.45) is 0 Å². The Bertz CT molecular complexity index is 330. The minimum absolute atomic E-state index is 0.0287. The van der Waals surface area contributed by atoms with E-state index in [1.165, 1.54) is 0 Å². The van der Waals surface area contributed by atoms with Crippen molar-refractivity contribution in [3.63, 3.8) is 0 Å². The van der Waals surface area contributed by atoms with Gasteiger partial charge < -0.3 is 4.90 Å². The average molecular weight is 277 g/mol. The van der Waals surface area contributed by atoms with Crippen LogP contribution in [0, 0.1) is 0 Å². The lowest BCUT2D eigenvalue weighted by molar-refractivity contribution is -0.127. The molecule has 0 atom stereocenters. The Balaban J connectivity index is 2.69. The fourth-order valence-corrected chi connectivity index (χ4v) is 1.69. The Hall–Kier alpha value is -0.540. The van der Waals surface area contributed by atoms with Crippen LogP contribution < -0.4 is 0 Å². The molecule has 4 heteroatoms. The van der Waals surface area contributed by atoms with Gasteiger partial charge in [0.05, 0.1) is 0 Å². The number of amides is 1. The molecule has 0 spiro atoms. The first kappa shape index (κ1) is 11.5. The minimum atomic E-state index is -0.0672. The van der Waals surface area contributed by atoms with E-state index in [0.717, 1.165) is 10.0 Å². The normalized spacial score (nSPS) is 9.93. The van der Waals surface area contributed by atoms with Crippen molar-refractivity contribution in [1.29, 1.82) is 0 Å². The van der Waals surface area contributed by atoms with Crippen molar-refractivity contribution in [1.82, 2.24) is 4.90 Å². The molecule has 76 valence electrons. The van der Waals surface area contributed by atoms with Crippen molar-refractivity contribution < 1.29 is 4.79 Å². The third-order valence-electron chi connectivity index (χ3n) is 1.91. The van der Waals surface area contributed by atoms with Crippen LogP contribution in [0.2, 0.25) is 0 Å². The van der Waals surface area contributed by atoms with Crippen LogP contribution in [-0.2, 0) is 11.3 Å². The number of carbonyl (C=O) groups is 1. The maximum Gasteiger partial charge on any atom is 0.237 e. The van der Waals surface area contributed by atoms with Gasteiger partial charge in [0.2, 0.25) is 5.91 Å². The monoisotopic (exact) mass is 275 g/mol. The quantitative estimate of drug-likeness (QED) is 0.777. The van der Waals surface area contributed by atoms with E-state index < -0.39 is 0 Å². The van der Waals surface area contributed by atoms with E-state index in [1.807, 2.05) is 24.3 Å². The molecule has 1 amide bonds. The first-order chi connectivity index (χ1) is 6.65. The van der Waals surface area contributed by atoms with Gasteiger partial charge in [-0.05, 0) is 11.6 Å². The van der Waals surface area contributed by atoms with Gasteiger partial charge in [0.15, 0.2) is 0 Å². The van der Waals surface area contributed by atoms with Gasteiger partial charge in [0.25, 0.3) is 0 Å². The lowest BCUT2D eigenvalue weighted by Crippen LogP contribution is -2.27. The molecule has 0 fully saturated rings. The number of alkyl halides is 1. The Kier molecular flexibility index (Phi) is 4.42. The van der Waals surface area contributed by atoms with Gasteiger partial charge in [-0.25, -0.2) is 0 Å². The summed E-state index contributed by atoms with van der Waals surface area (Å²) in [6.45, 7) is 0.576. The molecule has 1 aromatic rings. The topological polar surface area (TPSA) is 20.3 Å². The first-order valence-corrected chi connectivity index (χ1v) is 5.51. The summed E-state index contributed by atoms with van der Waals surface area (Å²) >= 11 is 8.87. The van der Waals surface area contributed by atoms with Crippen molar-refractivity contribution in [3.8, 4) is 0 Å². The van der Waals surface area contributed by atoms with Crippen LogP contribution in [0.4, 0.5) is 0 Å². The summed E-state index contributed by atoms with van der Waals surface area (Å²) in [5.41, 5.74) is 1.08. The van der Waals surface area contributed by atoms with Crippen LogP contribution in [0.15, 0.2) is 28.7 Å². The molecular weight excluding hydrogens is 265 g/mol. The molecule has 1 rings (SSSR count). The number of halogens is 2. The molecule has 0 radical (unpaired) electrons. The summed E-state index contributed by atoms with van der Waals surface area (Å²) in [6.07, 6.45) is 0. The Morgan fingerprint density at radius 3 is 2.71 bits per heavy atom. The zero-order valence-electron chi connectivity index (χ0n) is 7.84. The molecule has 0 bridgehead atoms. The number of hydrogen-bond acceptors (Lipinski definition) is 1. The van der Waals surface area contributed by atoms with Gasteiger partial charge in [-0.2, -0.15) is 0 Å². The summed E-state index contributed by atoms with van der Waals surface area (Å²) in [4.78, 5) is 12.8. The van der Waals surface area contributed by atoms with E-state index in [0.29, 0.717) is 6.54 Å². The summed E-state index contributed by atoms with van der Waals surface area (Å²) in [5, 5.41) is 0. The Morgan fingerprint density at radius 2 is 2.14 bits per heavy atom. The maximum absolute atomic E-state index is 11.2. The minimum Gasteiger partial charge on any atom is -0.340 e. The van der Waals surface area contributed by atoms with Gasteiger partial charge in [-0.15, -0.1) is 11.6 Å². The molecule has 0 aliphatic heterocycles. The molecule has 0 aliphatic rings. The van der Waals surface area contributed by atoms with E-state index in [1.54, 1.807) is 11.9 Å². The second-order valence-electron chi connectivity index (χ2n) is 2.97. The van der Waals surface area contributed by atoms with Gasteiger partial charge in [0, 0.05) is 18.1 Å². The van der Waals surface area contributed by atoms with Crippen molar-refractivity contribution in [2.75, 3.05) is 12.9 Å². The van der Waals surface area contributed by atoms with Gasteiger partial charge in [-0.1, -0.05) is 34.1 Å². The lowest BCUT2D eigenvalue weighted by atomic mass is 10.2. The predicted molar refractivity (Wildman–Crippen MR) is 61.3 cm³/mol. The van der Waals surface area contributed by atoms with Gasteiger partial charge in [-0.3, -0.25) is 4.79 Å². The number of nitrogens with zero attached hydrogens (tertiary/aromatic N) is 1. The van der Waals surface area contributed by atoms with Crippen molar-refractivity contribution >= 4 is 33.4 Å². The molecule has 0 heterocycles. The number of carbonyl (C=O) groups excluding carboxylic acids is 1. The molecule has 1 aromatic carbocycles. The fourth-order valence-electron chi connectivity index (χ4n) is 1.07. The molecule has 0 aliphatic carbocycles. The summed E-state index contributed by atoms with van der Waals surface area (Å²) in [5.74, 6) is -0.0385. The third kappa shape index (κ3) is 3.00. The number of benzene rings is 1. The average Bonchev–Trinajstić information content (AvgIpc) is 2.20. The van der Waals surface area contributed by atoms with E-state index in [9.17, 15) is 4.79 Å². The van der Waals surface area contributed by atoms with Gasteiger partial charge >= 0.3 is 0 Å². The highest BCUT2D eigenvalue weighted by atomic mass is 79.9. The SMILES string of the molecule is CN(Cc1ccccc1Br)C(=O)CCl. The van der Waals surface area contributed by atoms with Gasteiger partial charge in [0.1, 0.15) is 5.88 Å². The molecular formula is C10H11BrClNO. The molecule has 0 aromatic heterocycles. The summed E-state index contributed by atoms with van der Waals surface area (Å²) < 4.78 is 1.01. The van der Waals surface area contributed by atoms with Crippen LogP contribution in [-0.4, -0.2) is 23.7 Å². The van der Waals surface area contributed by atoms with Crippen LogP contribution in [0.1, 0.15) is 5.56 Å². The van der Waals surface area contributed by atoms with Crippen molar-refractivity contribution in [3.05, 3.63) is 34.3 Å². The molecule has 0 N–H and O–H groups in total. The van der Waals surface area contributed by atoms with E-state index in [4.69, 9.17) is 11.6 Å². The first-order valence-electron chi connectivity index (χ1n) is 4.18. The van der Waals surface area contributed by atoms with Crippen LogP contribution in [0.5, 0.6) is 0 Å². The third-order valence-corrected chi connectivity index (χ3v) is 2.91. The molecule has 2 nitrogen and oxygen atoms in total. The zero-order chi connectivity index (χ0) is 10.6. The van der Waals surface area contributed by atoms with Crippen LogP contribution in [0.3, 0.4) is 0 Å². The zero-order valence-corrected chi connectivity index (χ0v) is 10.2. The van der Waals surface area contributed by atoms with E-state index in [2.05, 4.69) is 15.9 Å². The molecule has 14 heavy (non-hydrogen) atoms.